The Balaban J connectivity index is 0.909. The quantitative estimate of drug-likeness (QED) is 0.161. The van der Waals surface area contributed by atoms with Crippen molar-refractivity contribution in [2.75, 3.05) is 36.2 Å². The summed E-state index contributed by atoms with van der Waals surface area (Å²) >= 11 is 2.99. The summed E-state index contributed by atoms with van der Waals surface area (Å²) in [6.45, 7) is 0.309. The number of aromatic nitrogens is 4. The molecule has 4 heterocycles. The van der Waals surface area contributed by atoms with E-state index in [0.29, 0.717) is 24.3 Å². The molecule has 0 amide bonds. The fraction of sp³-hybridized carbons (Fsp3) is 0.667. The van der Waals surface area contributed by atoms with Crippen LogP contribution in [-0.2, 0) is 28.5 Å². The van der Waals surface area contributed by atoms with Crippen molar-refractivity contribution < 1.29 is 28.5 Å². The smallest absolute Gasteiger partial charge is 0.351 e. The zero-order valence-corrected chi connectivity index (χ0v) is 27.6. The molecule has 0 saturated carbocycles. The van der Waals surface area contributed by atoms with E-state index < -0.39 is 23.8 Å². The Morgan fingerprint density at radius 2 is 1.07 bits per heavy atom. The van der Waals surface area contributed by atoms with Gasteiger partial charge in [-0.25, -0.2) is 9.59 Å². The summed E-state index contributed by atoms with van der Waals surface area (Å²) < 4.78 is 25.2. The fourth-order valence-corrected chi connectivity index (χ4v) is 7.04. The molecule has 0 bridgehead atoms. The molecule has 0 aliphatic carbocycles. The predicted molar refractivity (Wildman–Crippen MR) is 176 cm³/mol. The minimum Gasteiger partial charge on any atom is -0.462 e. The van der Waals surface area contributed by atoms with Crippen molar-refractivity contribution in [3.05, 3.63) is 45.5 Å². The molecule has 0 spiro atoms. The summed E-state index contributed by atoms with van der Waals surface area (Å²) in [5.41, 5.74) is 9.51. The summed E-state index contributed by atoms with van der Waals surface area (Å²) in [6.07, 6.45) is 13.4. The minimum absolute atomic E-state index is 0.155. The van der Waals surface area contributed by atoms with E-state index in [-0.39, 0.29) is 47.7 Å². The van der Waals surface area contributed by atoms with Gasteiger partial charge in [0.05, 0.1) is 0 Å². The number of thioether (sulfide) groups is 2. The second kappa shape index (κ2) is 18.9. The van der Waals surface area contributed by atoms with Crippen LogP contribution in [-0.4, -0.2) is 66.6 Å². The highest BCUT2D eigenvalue weighted by atomic mass is 32.2. The molecule has 2 aliphatic heterocycles. The van der Waals surface area contributed by atoms with Crippen LogP contribution in [0.5, 0.6) is 0 Å². The number of hydrogen-bond donors (Lipinski definition) is 2. The first-order valence-electron chi connectivity index (χ1n) is 15.8. The Morgan fingerprint density at radius 1 is 0.696 bits per heavy atom. The molecular weight excluding hydrogens is 636 g/mol. The Kier molecular flexibility index (Phi) is 14.7. The van der Waals surface area contributed by atoms with E-state index >= 15 is 0 Å². The van der Waals surface area contributed by atoms with Crippen molar-refractivity contribution in [3.8, 4) is 0 Å². The van der Waals surface area contributed by atoms with Crippen molar-refractivity contribution in [3.63, 3.8) is 0 Å². The van der Waals surface area contributed by atoms with E-state index in [1.54, 1.807) is 24.5 Å². The lowest BCUT2D eigenvalue weighted by molar-refractivity contribution is -0.147. The van der Waals surface area contributed by atoms with E-state index in [9.17, 15) is 19.2 Å². The van der Waals surface area contributed by atoms with E-state index in [1.165, 1.54) is 32.7 Å². The second-order valence-corrected chi connectivity index (χ2v) is 13.6. The third kappa shape index (κ3) is 11.9. The normalized spacial score (nSPS) is 21.0. The van der Waals surface area contributed by atoms with Crippen LogP contribution in [0.15, 0.2) is 34.1 Å². The third-order valence-corrected chi connectivity index (χ3v) is 9.76. The largest absolute Gasteiger partial charge is 0.462 e. The molecule has 0 radical (unpaired) electrons. The lowest BCUT2D eigenvalue weighted by atomic mass is 10.1. The second-order valence-electron chi connectivity index (χ2n) is 11.2. The van der Waals surface area contributed by atoms with Crippen LogP contribution in [0.2, 0.25) is 0 Å². The Bertz CT molecular complexity index is 1290. The van der Waals surface area contributed by atoms with E-state index in [0.717, 1.165) is 64.2 Å². The Hall–Kier alpha value is -3.08. The first kappa shape index (κ1) is 35.8. The topological polar surface area (TPSA) is 193 Å². The highest BCUT2D eigenvalue weighted by Gasteiger charge is 2.30. The number of hydrogen-bond acceptors (Lipinski definition) is 14. The van der Waals surface area contributed by atoms with Gasteiger partial charge < -0.3 is 30.4 Å². The molecule has 0 aromatic carbocycles. The minimum atomic E-state index is -0.463. The van der Waals surface area contributed by atoms with Gasteiger partial charge in [0.1, 0.15) is 48.2 Å². The van der Waals surface area contributed by atoms with E-state index in [4.69, 9.17) is 30.4 Å². The van der Waals surface area contributed by atoms with Crippen LogP contribution in [0.25, 0.3) is 0 Å². The molecule has 4 rings (SSSR count). The molecule has 14 nitrogen and oxygen atoms in total. The van der Waals surface area contributed by atoms with Crippen molar-refractivity contribution in [2.24, 2.45) is 0 Å². The standard InChI is InChI=1S/C30H44N6O8S2/c31-21-13-15-35(29(39)33-21)23-19-45-27(43-23)17-41-25(37)11-9-7-5-3-1-2-4-6-8-10-12-26(38)42-18-28-44-24(20-46-28)36-16-14-22(32)34-30(36)40/h13-16,23-24,27-28H,1-12,17-20H2,(H2,31,33,39)(H2,32,34,40)/t23-,24+,27+,28-. The molecule has 2 fully saturated rings. The first-order chi connectivity index (χ1) is 22.3. The van der Waals surface area contributed by atoms with Crippen molar-refractivity contribution in [2.45, 2.75) is 100 Å². The number of nitrogen functional groups attached to an aromatic ring is 2. The lowest BCUT2D eigenvalue weighted by Crippen LogP contribution is -2.29. The lowest BCUT2D eigenvalue weighted by Gasteiger charge is -2.14. The van der Waals surface area contributed by atoms with E-state index in [1.807, 2.05) is 0 Å². The zero-order valence-electron chi connectivity index (χ0n) is 26.0. The number of nitrogens with two attached hydrogens (primary N) is 2. The molecule has 46 heavy (non-hydrogen) atoms. The number of anilines is 2. The summed E-state index contributed by atoms with van der Waals surface area (Å²) in [6, 6.07) is 3.10. The van der Waals surface area contributed by atoms with Crippen molar-refractivity contribution in [1.29, 1.82) is 0 Å². The first-order valence-corrected chi connectivity index (χ1v) is 17.9. The molecular formula is C30H44N6O8S2. The molecule has 254 valence electrons. The molecule has 2 aliphatic rings. The van der Waals surface area contributed by atoms with Crippen LogP contribution in [0.3, 0.4) is 0 Å². The molecule has 2 aromatic heterocycles. The number of esters is 2. The van der Waals surface area contributed by atoms with Crippen LogP contribution >= 0.6 is 23.5 Å². The van der Waals surface area contributed by atoms with Gasteiger partial charge in [-0.05, 0) is 25.0 Å². The van der Waals surface area contributed by atoms with Gasteiger partial charge in [-0.15, -0.1) is 23.5 Å². The monoisotopic (exact) mass is 680 g/mol. The molecule has 4 atom stereocenters. The fourth-order valence-electron chi connectivity index (χ4n) is 5.06. The SMILES string of the molecule is Nc1ccn([C@@H]2CS[C@H](COC(=O)CCCCCCCCCCCCC(=O)OC[C@H]3O[C@@H](n4ccc(N)nc4=O)CS3)O2)c(=O)n1. The van der Waals surface area contributed by atoms with Crippen molar-refractivity contribution in [1.82, 2.24) is 19.1 Å². The third-order valence-electron chi connectivity index (χ3n) is 7.56. The number of nitrogens with zero attached hydrogens (tertiary/aromatic N) is 4. The summed E-state index contributed by atoms with van der Waals surface area (Å²) in [7, 11) is 0. The van der Waals surface area contributed by atoms with Gasteiger partial charge in [0.15, 0.2) is 0 Å². The summed E-state index contributed by atoms with van der Waals surface area (Å²) in [5.74, 6) is 1.01. The van der Waals surface area contributed by atoms with Gasteiger partial charge >= 0.3 is 23.3 Å². The average Bonchev–Trinajstić information content (AvgIpc) is 3.69. The summed E-state index contributed by atoms with van der Waals surface area (Å²) in [4.78, 5) is 55.6. The van der Waals surface area contributed by atoms with Gasteiger partial charge in [-0.3, -0.25) is 18.7 Å². The highest BCUT2D eigenvalue weighted by molar-refractivity contribution is 8.00. The maximum absolute atomic E-state index is 12.1. The van der Waals surface area contributed by atoms with Crippen LogP contribution in [0, 0.1) is 0 Å². The van der Waals surface area contributed by atoms with Crippen LogP contribution in [0.4, 0.5) is 11.6 Å². The maximum atomic E-state index is 12.1. The number of carbonyl (C=O) groups excluding carboxylic acids is 2. The number of rotatable bonds is 19. The molecule has 2 saturated heterocycles. The number of ether oxygens (including phenoxy) is 4. The van der Waals surface area contributed by atoms with Crippen LogP contribution in [0.1, 0.15) is 89.5 Å². The van der Waals surface area contributed by atoms with Gasteiger partial charge in [0, 0.05) is 36.7 Å². The molecule has 4 N–H and O–H groups in total. The number of carbonyl (C=O) groups is 2. The Labute approximate surface area is 276 Å². The zero-order chi connectivity index (χ0) is 32.7. The average molecular weight is 681 g/mol. The van der Waals surface area contributed by atoms with Gasteiger partial charge in [-0.2, -0.15) is 9.97 Å². The number of unbranched alkanes of at least 4 members (excludes halogenated alkanes) is 9. The van der Waals surface area contributed by atoms with E-state index in [2.05, 4.69) is 9.97 Å². The predicted octanol–water partition coefficient (Wildman–Crippen LogP) is 3.61. The van der Waals surface area contributed by atoms with Gasteiger partial charge in [-0.1, -0.05) is 51.4 Å². The maximum Gasteiger partial charge on any atom is 0.351 e. The molecule has 2 aromatic rings. The van der Waals surface area contributed by atoms with Gasteiger partial charge in [0.25, 0.3) is 0 Å². The molecule has 0 unspecified atom stereocenters. The molecule has 16 heteroatoms. The highest BCUT2D eigenvalue weighted by Crippen LogP contribution is 2.32. The van der Waals surface area contributed by atoms with Crippen molar-refractivity contribution >= 4 is 47.1 Å². The Morgan fingerprint density at radius 3 is 1.43 bits per heavy atom. The van der Waals surface area contributed by atoms with Crippen LogP contribution < -0.4 is 22.8 Å². The summed E-state index contributed by atoms with van der Waals surface area (Å²) in [5, 5.41) is 0. The van der Waals surface area contributed by atoms with Gasteiger partial charge in [0.2, 0.25) is 0 Å².